The molecule has 2 aromatic rings. The van der Waals surface area contributed by atoms with Crippen LogP contribution in [-0.4, -0.2) is 85.4 Å². The van der Waals surface area contributed by atoms with Gasteiger partial charge in [0.05, 0.1) is 30.4 Å². The summed E-state index contributed by atoms with van der Waals surface area (Å²) < 4.78 is 17.7. The van der Waals surface area contributed by atoms with E-state index in [9.17, 15) is 24.6 Å². The van der Waals surface area contributed by atoms with Crippen LogP contribution in [0.15, 0.2) is 48.0 Å². The molecule has 3 atom stereocenters. The van der Waals surface area contributed by atoms with Gasteiger partial charge in [-0.15, -0.1) is 0 Å². The predicted molar refractivity (Wildman–Crippen MR) is 166 cm³/mol. The molecule has 0 saturated heterocycles. The van der Waals surface area contributed by atoms with E-state index in [1.165, 1.54) is 13.2 Å². The number of nitrogens with one attached hydrogen (secondary N) is 1. The number of aliphatic hydroxyl groups excluding tert-OH is 2. The molecule has 1 aliphatic rings. The summed E-state index contributed by atoms with van der Waals surface area (Å²) in [6, 6.07) is 9.99. The van der Waals surface area contributed by atoms with Crippen LogP contribution in [0.1, 0.15) is 48.5 Å². The number of nitrogens with zero attached hydrogens (tertiary/aromatic N) is 1. The molecule has 0 aromatic heterocycles. The third-order valence-electron chi connectivity index (χ3n) is 7.10. The van der Waals surface area contributed by atoms with Gasteiger partial charge in [-0.05, 0) is 71.3 Å². The first-order chi connectivity index (χ1) is 20.3. The molecule has 1 aliphatic carbocycles. The summed E-state index contributed by atoms with van der Waals surface area (Å²) in [5, 5.41) is 23.6. The maximum Gasteiger partial charge on any atom is 0.247 e. The number of amides is 2. The zero-order valence-corrected chi connectivity index (χ0v) is 26.3. The Hall–Kier alpha value is -3.16. The number of benzene rings is 2. The highest BCUT2D eigenvalue weighted by molar-refractivity contribution is 14.1. The molecule has 0 spiro atoms. The second-order valence-electron chi connectivity index (χ2n) is 9.96. The molecule has 0 heterocycles. The summed E-state index contributed by atoms with van der Waals surface area (Å²) in [5.74, 6) is 0.771. The summed E-state index contributed by atoms with van der Waals surface area (Å²) in [6.07, 6.45) is 2.50. The van der Waals surface area contributed by atoms with Crippen molar-refractivity contribution in [2.45, 2.75) is 57.3 Å². The molecule has 0 unspecified atom stereocenters. The number of rotatable bonds is 15. The lowest BCUT2D eigenvalue weighted by atomic mass is 9.87. The van der Waals surface area contributed by atoms with E-state index in [2.05, 4.69) is 5.32 Å². The molecule has 0 saturated carbocycles. The second kappa shape index (κ2) is 16.5. The van der Waals surface area contributed by atoms with E-state index < -0.39 is 24.2 Å². The predicted octanol–water partition coefficient (Wildman–Crippen LogP) is 3.30. The summed E-state index contributed by atoms with van der Waals surface area (Å²) in [6.45, 7) is 2.14. The number of methoxy groups -OCH3 is 2. The van der Waals surface area contributed by atoms with Crippen LogP contribution >= 0.6 is 22.6 Å². The van der Waals surface area contributed by atoms with Gasteiger partial charge in [-0.1, -0.05) is 25.5 Å². The maximum absolute atomic E-state index is 13.6. The van der Waals surface area contributed by atoms with Crippen molar-refractivity contribution in [1.82, 2.24) is 10.2 Å². The molecule has 10 nitrogen and oxygen atoms in total. The number of hydrogen-bond donors (Lipinski definition) is 3. The number of unbranched alkanes of at least 4 members (excludes halogenated alkanes) is 1. The Balaban J connectivity index is 1.99. The van der Waals surface area contributed by atoms with Crippen LogP contribution in [0.2, 0.25) is 0 Å². The Morgan fingerprint density at radius 3 is 2.64 bits per heavy atom. The number of carbonyl (C=O) groups excluding carboxylic acids is 3. The minimum Gasteiger partial charge on any atom is -0.497 e. The normalized spacial score (nSPS) is 18.0. The minimum absolute atomic E-state index is 0.0583. The van der Waals surface area contributed by atoms with Gasteiger partial charge >= 0.3 is 0 Å². The van der Waals surface area contributed by atoms with Crippen LogP contribution in [0.5, 0.6) is 17.2 Å². The van der Waals surface area contributed by atoms with Crippen LogP contribution in [-0.2, 0) is 16.0 Å². The van der Waals surface area contributed by atoms with Crippen LogP contribution < -0.4 is 19.5 Å². The van der Waals surface area contributed by atoms with Crippen molar-refractivity contribution in [2.24, 2.45) is 0 Å². The fourth-order valence-corrected chi connectivity index (χ4v) is 5.61. The molecular formula is C31H39IN2O8. The molecule has 0 radical (unpaired) electrons. The molecule has 2 amide bonds. The highest BCUT2D eigenvalue weighted by Gasteiger charge is 2.40. The third-order valence-corrected chi connectivity index (χ3v) is 7.90. The highest BCUT2D eigenvalue weighted by Crippen LogP contribution is 2.37. The van der Waals surface area contributed by atoms with Gasteiger partial charge in [0.25, 0.3) is 0 Å². The molecule has 2 aromatic carbocycles. The fourth-order valence-electron chi connectivity index (χ4n) is 4.86. The minimum atomic E-state index is -1.18. The van der Waals surface area contributed by atoms with Gasteiger partial charge in [0.15, 0.2) is 11.5 Å². The van der Waals surface area contributed by atoms with E-state index in [4.69, 9.17) is 14.2 Å². The quantitative estimate of drug-likeness (QED) is 0.191. The van der Waals surface area contributed by atoms with Gasteiger partial charge in [-0.3, -0.25) is 14.4 Å². The van der Waals surface area contributed by atoms with E-state index >= 15 is 0 Å². The Labute approximate surface area is 260 Å². The highest BCUT2D eigenvalue weighted by atomic mass is 127. The molecule has 0 fully saturated rings. The Kier molecular flexibility index (Phi) is 13.1. The third kappa shape index (κ3) is 8.68. The van der Waals surface area contributed by atoms with E-state index in [1.807, 2.05) is 53.8 Å². The fraction of sp³-hybridized carbons (Fsp3) is 0.452. The van der Waals surface area contributed by atoms with Crippen molar-refractivity contribution in [1.29, 1.82) is 0 Å². The zero-order chi connectivity index (χ0) is 30.6. The van der Waals surface area contributed by atoms with Gasteiger partial charge in [0, 0.05) is 37.1 Å². The van der Waals surface area contributed by atoms with E-state index in [1.54, 1.807) is 24.2 Å². The average molecular weight is 695 g/mol. The second-order valence-corrected chi connectivity index (χ2v) is 11.1. The maximum atomic E-state index is 13.6. The molecule has 228 valence electrons. The van der Waals surface area contributed by atoms with Crippen LogP contribution in [0.3, 0.4) is 0 Å². The van der Waals surface area contributed by atoms with Gasteiger partial charge < -0.3 is 34.6 Å². The molecule has 42 heavy (non-hydrogen) atoms. The van der Waals surface area contributed by atoms with Crippen molar-refractivity contribution in [3.8, 4) is 17.2 Å². The summed E-state index contributed by atoms with van der Waals surface area (Å²) in [4.78, 5) is 39.7. The van der Waals surface area contributed by atoms with Crippen molar-refractivity contribution < 1.29 is 38.8 Å². The number of hydrogen-bond acceptors (Lipinski definition) is 8. The topological polar surface area (TPSA) is 135 Å². The molecule has 11 heteroatoms. The number of ether oxygens (including phenoxy) is 3. The van der Waals surface area contributed by atoms with E-state index in [0.717, 1.165) is 12.0 Å². The number of halogens is 1. The average Bonchev–Trinajstić information content (AvgIpc) is 3.00. The molecule has 3 rings (SSSR count). The Morgan fingerprint density at radius 2 is 1.98 bits per heavy atom. The van der Waals surface area contributed by atoms with Gasteiger partial charge in [-0.2, -0.15) is 0 Å². The lowest BCUT2D eigenvalue weighted by molar-refractivity contribution is -0.138. The summed E-state index contributed by atoms with van der Waals surface area (Å²) >= 11 is 2.02. The number of aldehydes is 1. The van der Waals surface area contributed by atoms with Gasteiger partial charge in [0.2, 0.25) is 11.8 Å². The zero-order valence-electron chi connectivity index (χ0n) is 24.2. The lowest BCUT2D eigenvalue weighted by Crippen LogP contribution is -2.55. The largest absolute Gasteiger partial charge is 0.497 e. The molecule has 0 bridgehead atoms. The number of carbonyl (C=O) groups is 3. The SMILES string of the molecule is CCCCC(=O)N(CCc1cccc(OC)c1)[C@@H]1CC(C(=O)NCCO)=C[C@H](Oc2c(I)cc(C=O)cc2OC)[C@H]1O. The first-order valence-electron chi connectivity index (χ1n) is 14.0. The first-order valence-corrected chi connectivity index (χ1v) is 15.0. The lowest BCUT2D eigenvalue weighted by Gasteiger charge is -2.41. The smallest absolute Gasteiger partial charge is 0.247 e. The van der Waals surface area contributed by atoms with E-state index in [-0.39, 0.29) is 25.5 Å². The summed E-state index contributed by atoms with van der Waals surface area (Å²) in [7, 11) is 3.04. The van der Waals surface area contributed by atoms with Crippen LogP contribution in [0.4, 0.5) is 0 Å². The first kappa shape index (κ1) is 33.3. The Bertz CT molecular complexity index is 1270. The molecule has 3 N–H and O–H groups in total. The standard InChI is InChI=1S/C31H39IN2O8/c1-4-5-9-28(37)34(12-10-20-7-6-8-23(14-20)40-2)25-17-22(31(39)33-11-13-35)18-26(29(25)38)42-30-24(32)15-21(19-36)16-27(30)41-3/h6-8,14-16,18-19,25-26,29,35,38H,4-5,9-13,17H2,1-3H3,(H,33,39)/t25-,26+,29+/m1/s1. The van der Waals surface area contributed by atoms with E-state index in [0.29, 0.717) is 64.0 Å². The van der Waals surface area contributed by atoms with Crippen molar-refractivity contribution in [3.05, 3.63) is 62.7 Å². The molecular weight excluding hydrogens is 655 g/mol. The van der Waals surface area contributed by atoms with Crippen molar-refractivity contribution in [2.75, 3.05) is 33.9 Å². The summed E-state index contributed by atoms with van der Waals surface area (Å²) in [5.41, 5.74) is 1.69. The van der Waals surface area contributed by atoms with Crippen LogP contribution in [0, 0.1) is 3.57 Å². The molecule has 0 aliphatic heterocycles. The number of aliphatic hydroxyl groups is 2. The van der Waals surface area contributed by atoms with Crippen LogP contribution in [0.25, 0.3) is 0 Å². The van der Waals surface area contributed by atoms with Gasteiger partial charge in [0.1, 0.15) is 24.2 Å². The Morgan fingerprint density at radius 1 is 1.19 bits per heavy atom. The van der Waals surface area contributed by atoms with Crippen molar-refractivity contribution >= 4 is 40.7 Å². The van der Waals surface area contributed by atoms with Crippen molar-refractivity contribution in [3.63, 3.8) is 0 Å². The monoisotopic (exact) mass is 694 g/mol. The van der Waals surface area contributed by atoms with Gasteiger partial charge in [-0.25, -0.2) is 0 Å².